The van der Waals surface area contributed by atoms with Crippen molar-refractivity contribution in [3.8, 4) is 0 Å². The van der Waals surface area contributed by atoms with E-state index in [0.717, 1.165) is 23.0 Å². The first kappa shape index (κ1) is 18.9. The number of hydrogen-bond donors (Lipinski definition) is 0. The van der Waals surface area contributed by atoms with Gasteiger partial charge in [0.25, 0.3) is 0 Å². The number of hydrogen-bond acceptors (Lipinski definition) is 3. The van der Waals surface area contributed by atoms with Crippen LogP contribution in [0.15, 0.2) is 48.5 Å². The summed E-state index contributed by atoms with van der Waals surface area (Å²) in [5.41, 5.74) is 3.43. The van der Waals surface area contributed by atoms with Crippen molar-refractivity contribution in [3.05, 3.63) is 65.2 Å². The molecule has 3 rings (SSSR count). The molecule has 0 radical (unpaired) electrons. The first-order chi connectivity index (χ1) is 12.2. The molecule has 1 saturated heterocycles. The zero-order valence-corrected chi connectivity index (χ0v) is 16.3. The third kappa shape index (κ3) is 3.92. The van der Waals surface area contributed by atoms with Crippen LogP contribution in [-0.4, -0.2) is 24.1 Å². The van der Waals surface area contributed by atoms with Crippen LogP contribution in [0.1, 0.15) is 55.6 Å². The Bertz CT molecular complexity index is 760. The molecule has 0 bridgehead atoms. The van der Waals surface area contributed by atoms with E-state index in [1.54, 1.807) is 0 Å². The molecule has 1 fully saturated rings. The van der Waals surface area contributed by atoms with Crippen molar-refractivity contribution in [2.75, 3.05) is 0 Å². The van der Waals surface area contributed by atoms with Gasteiger partial charge in [-0.2, -0.15) is 0 Å². The fourth-order valence-electron chi connectivity index (χ4n) is 2.96. The first-order valence-electron chi connectivity index (χ1n) is 9.22. The third-order valence-electron chi connectivity index (χ3n) is 5.52. The van der Waals surface area contributed by atoms with Gasteiger partial charge in [-0.15, -0.1) is 0 Å². The maximum absolute atomic E-state index is 12.3. The molecular weight excluding hydrogens is 323 g/mol. The molecule has 136 valence electrons. The number of ketones is 1. The van der Waals surface area contributed by atoms with Gasteiger partial charge in [0.1, 0.15) is 0 Å². The van der Waals surface area contributed by atoms with Crippen LogP contribution in [0.5, 0.6) is 0 Å². The lowest BCUT2D eigenvalue weighted by atomic mass is 9.78. The second kappa shape index (κ2) is 7.01. The standard InChI is InChI=1S/C22H27BO3/c1-16-6-11-18(12-7-16)20(24)15-10-17-8-13-19(14-9-17)23-25-21(2,3)22(4,5)26-23/h6-9,11-14H,10,15H2,1-5H3. The molecule has 0 N–H and O–H groups in total. The van der Waals surface area contributed by atoms with Crippen molar-refractivity contribution in [1.82, 2.24) is 0 Å². The molecule has 0 saturated carbocycles. The highest BCUT2D eigenvalue weighted by atomic mass is 16.7. The van der Waals surface area contributed by atoms with Crippen LogP contribution in [0, 0.1) is 6.92 Å². The SMILES string of the molecule is Cc1ccc(C(=O)CCc2ccc(B3OC(C)(C)C(C)(C)O3)cc2)cc1. The summed E-state index contributed by atoms with van der Waals surface area (Å²) in [6.45, 7) is 10.2. The van der Waals surface area contributed by atoms with Gasteiger partial charge in [-0.25, -0.2) is 0 Å². The maximum atomic E-state index is 12.3. The summed E-state index contributed by atoms with van der Waals surface area (Å²) in [5.74, 6) is 0.181. The molecule has 0 spiro atoms. The third-order valence-corrected chi connectivity index (χ3v) is 5.52. The molecule has 0 aliphatic carbocycles. The molecule has 0 atom stereocenters. The molecule has 1 aliphatic rings. The van der Waals surface area contributed by atoms with Gasteiger partial charge in [-0.05, 0) is 52.1 Å². The van der Waals surface area contributed by atoms with Gasteiger partial charge in [-0.1, -0.05) is 54.1 Å². The van der Waals surface area contributed by atoms with Crippen molar-refractivity contribution >= 4 is 18.4 Å². The Balaban J connectivity index is 1.60. The highest BCUT2D eigenvalue weighted by molar-refractivity contribution is 6.62. The minimum Gasteiger partial charge on any atom is -0.399 e. The lowest BCUT2D eigenvalue weighted by molar-refractivity contribution is 0.00578. The summed E-state index contributed by atoms with van der Waals surface area (Å²) in [6, 6.07) is 15.9. The smallest absolute Gasteiger partial charge is 0.399 e. The molecular formula is C22H27BO3. The Morgan fingerprint density at radius 1 is 0.885 bits per heavy atom. The number of rotatable bonds is 5. The Labute approximate surface area is 156 Å². The average molecular weight is 350 g/mol. The van der Waals surface area contributed by atoms with E-state index in [1.807, 2.05) is 43.3 Å². The summed E-state index contributed by atoms with van der Waals surface area (Å²) >= 11 is 0. The Morgan fingerprint density at radius 3 is 1.96 bits per heavy atom. The van der Waals surface area contributed by atoms with Crippen LogP contribution in [-0.2, 0) is 15.7 Å². The highest BCUT2D eigenvalue weighted by Crippen LogP contribution is 2.36. The quantitative estimate of drug-likeness (QED) is 0.601. The molecule has 2 aromatic carbocycles. The Morgan fingerprint density at radius 2 is 1.42 bits per heavy atom. The van der Waals surface area contributed by atoms with E-state index in [-0.39, 0.29) is 24.1 Å². The molecule has 26 heavy (non-hydrogen) atoms. The average Bonchev–Trinajstić information content (AvgIpc) is 2.81. The fraction of sp³-hybridized carbons (Fsp3) is 0.409. The lowest BCUT2D eigenvalue weighted by Crippen LogP contribution is -2.41. The summed E-state index contributed by atoms with van der Waals surface area (Å²) in [4.78, 5) is 12.3. The van der Waals surface area contributed by atoms with Crippen molar-refractivity contribution < 1.29 is 14.1 Å². The van der Waals surface area contributed by atoms with Gasteiger partial charge in [0, 0.05) is 12.0 Å². The summed E-state index contributed by atoms with van der Waals surface area (Å²) in [6.07, 6.45) is 1.25. The van der Waals surface area contributed by atoms with Crippen molar-refractivity contribution in [3.63, 3.8) is 0 Å². The van der Waals surface area contributed by atoms with Crippen LogP contribution in [0.3, 0.4) is 0 Å². The summed E-state index contributed by atoms with van der Waals surface area (Å²) < 4.78 is 12.2. The monoisotopic (exact) mass is 350 g/mol. The van der Waals surface area contributed by atoms with Crippen LogP contribution in [0.4, 0.5) is 0 Å². The topological polar surface area (TPSA) is 35.5 Å². The number of benzene rings is 2. The van der Waals surface area contributed by atoms with Gasteiger partial charge in [-0.3, -0.25) is 4.79 Å². The zero-order valence-electron chi connectivity index (χ0n) is 16.3. The second-order valence-corrected chi connectivity index (χ2v) is 8.12. The van der Waals surface area contributed by atoms with Crippen LogP contribution in [0.25, 0.3) is 0 Å². The Kier molecular flexibility index (Phi) is 5.09. The van der Waals surface area contributed by atoms with Gasteiger partial charge in [0.05, 0.1) is 11.2 Å². The molecule has 4 heteroatoms. The number of carbonyl (C=O) groups excluding carboxylic acids is 1. The van der Waals surface area contributed by atoms with E-state index in [1.165, 1.54) is 5.56 Å². The van der Waals surface area contributed by atoms with E-state index in [0.29, 0.717) is 6.42 Å². The first-order valence-corrected chi connectivity index (χ1v) is 9.22. The predicted molar refractivity (Wildman–Crippen MR) is 106 cm³/mol. The van der Waals surface area contributed by atoms with Crippen LogP contribution in [0.2, 0.25) is 0 Å². The highest BCUT2D eigenvalue weighted by Gasteiger charge is 2.51. The van der Waals surface area contributed by atoms with E-state index in [9.17, 15) is 4.79 Å². The Hall–Kier alpha value is -1.91. The molecule has 3 nitrogen and oxygen atoms in total. The molecule has 1 heterocycles. The minimum absolute atomic E-state index is 0.181. The predicted octanol–water partition coefficient (Wildman–Crippen LogP) is 4.11. The van der Waals surface area contributed by atoms with Crippen LogP contribution >= 0.6 is 0 Å². The van der Waals surface area contributed by atoms with Crippen LogP contribution < -0.4 is 5.46 Å². The van der Waals surface area contributed by atoms with E-state index in [4.69, 9.17) is 9.31 Å². The molecule has 0 amide bonds. The number of aryl methyl sites for hydroxylation is 2. The van der Waals surface area contributed by atoms with Crippen molar-refractivity contribution in [2.24, 2.45) is 0 Å². The minimum atomic E-state index is -0.344. The lowest BCUT2D eigenvalue weighted by Gasteiger charge is -2.32. The van der Waals surface area contributed by atoms with Gasteiger partial charge >= 0.3 is 7.12 Å². The summed E-state index contributed by atoms with van der Waals surface area (Å²) in [7, 11) is -0.344. The van der Waals surface area contributed by atoms with Crippen molar-refractivity contribution in [1.29, 1.82) is 0 Å². The van der Waals surface area contributed by atoms with E-state index in [2.05, 4.69) is 39.8 Å². The molecule has 0 aromatic heterocycles. The second-order valence-electron chi connectivity index (χ2n) is 8.12. The molecule has 2 aromatic rings. The molecule has 0 unspecified atom stereocenters. The van der Waals surface area contributed by atoms with Gasteiger partial charge in [0.2, 0.25) is 0 Å². The fourth-order valence-corrected chi connectivity index (χ4v) is 2.96. The number of carbonyl (C=O) groups is 1. The van der Waals surface area contributed by atoms with Gasteiger partial charge < -0.3 is 9.31 Å². The van der Waals surface area contributed by atoms with E-state index < -0.39 is 0 Å². The summed E-state index contributed by atoms with van der Waals surface area (Å²) in [5, 5.41) is 0. The normalized spacial score (nSPS) is 18.1. The zero-order chi connectivity index (χ0) is 18.9. The van der Waals surface area contributed by atoms with Gasteiger partial charge in [0.15, 0.2) is 5.78 Å². The number of Topliss-reactive ketones (excluding diaryl/α,β-unsaturated/α-hetero) is 1. The van der Waals surface area contributed by atoms with E-state index >= 15 is 0 Å². The van der Waals surface area contributed by atoms with Crippen molar-refractivity contribution in [2.45, 2.75) is 58.7 Å². The molecule has 1 aliphatic heterocycles. The largest absolute Gasteiger partial charge is 0.494 e. The maximum Gasteiger partial charge on any atom is 0.494 e.